The van der Waals surface area contributed by atoms with Crippen molar-refractivity contribution in [3.8, 4) is 22.5 Å². The minimum Gasteiger partial charge on any atom is -0.381 e. The van der Waals surface area contributed by atoms with Gasteiger partial charge in [0.15, 0.2) is 11.6 Å². The van der Waals surface area contributed by atoms with E-state index >= 15 is 0 Å². The molecule has 0 unspecified atom stereocenters. The van der Waals surface area contributed by atoms with Crippen LogP contribution in [0.5, 0.6) is 0 Å². The van der Waals surface area contributed by atoms with Gasteiger partial charge in [-0.25, -0.2) is 9.97 Å². The van der Waals surface area contributed by atoms with E-state index in [1.165, 1.54) is 0 Å². The van der Waals surface area contributed by atoms with E-state index < -0.39 is 0 Å². The van der Waals surface area contributed by atoms with Crippen molar-refractivity contribution in [1.29, 1.82) is 0 Å². The zero-order valence-corrected chi connectivity index (χ0v) is 16.4. The predicted octanol–water partition coefficient (Wildman–Crippen LogP) is 3.96. The second-order valence-corrected chi connectivity index (χ2v) is 7.36. The largest absolute Gasteiger partial charge is 0.381 e. The number of hydrogen-bond acceptors (Lipinski definition) is 6. The third-order valence-electron chi connectivity index (χ3n) is 5.04. The summed E-state index contributed by atoms with van der Waals surface area (Å²) >= 11 is 6.55. The highest BCUT2D eigenvalue weighted by atomic mass is 35.5. The lowest BCUT2D eigenvalue weighted by atomic mass is 10.0. The number of nitrogens with two attached hydrogens (primary N) is 1. The molecule has 0 spiro atoms. The summed E-state index contributed by atoms with van der Waals surface area (Å²) in [7, 11) is 0. The first-order valence-corrected chi connectivity index (χ1v) is 9.82. The minimum absolute atomic E-state index is 0.421. The molecule has 1 aliphatic rings. The Morgan fingerprint density at radius 3 is 2.59 bits per heavy atom. The molecule has 144 valence electrons. The lowest BCUT2D eigenvalue weighted by Crippen LogP contribution is -2.24. The first kappa shape index (κ1) is 17.8. The zero-order chi connectivity index (χ0) is 19.8. The van der Waals surface area contributed by atoms with Gasteiger partial charge in [0.1, 0.15) is 0 Å². The van der Waals surface area contributed by atoms with Gasteiger partial charge in [0, 0.05) is 35.8 Å². The molecule has 0 radical (unpaired) electrons. The van der Waals surface area contributed by atoms with Crippen LogP contribution in [0.4, 0.5) is 11.6 Å². The maximum atomic E-state index is 6.55. The Kier molecular flexibility index (Phi) is 4.50. The van der Waals surface area contributed by atoms with E-state index in [9.17, 15) is 0 Å². The number of nitrogen functional groups attached to an aromatic ring is 1. The molecule has 0 bridgehead atoms. The van der Waals surface area contributed by atoms with Gasteiger partial charge in [-0.1, -0.05) is 48.0 Å². The maximum Gasteiger partial charge on any atom is 0.173 e. The van der Waals surface area contributed by atoms with Crippen molar-refractivity contribution in [2.24, 2.45) is 0 Å². The quantitative estimate of drug-likeness (QED) is 0.540. The Hall–Kier alpha value is -3.22. The number of nitrogens with one attached hydrogen (secondary N) is 1. The third kappa shape index (κ3) is 3.26. The van der Waals surface area contributed by atoms with Crippen LogP contribution in [0, 0.1) is 0 Å². The van der Waals surface area contributed by atoms with Crippen molar-refractivity contribution in [1.82, 2.24) is 20.3 Å². The van der Waals surface area contributed by atoms with Crippen LogP contribution in [0.3, 0.4) is 0 Å². The van der Waals surface area contributed by atoms with Crippen molar-refractivity contribution in [3.63, 3.8) is 0 Å². The second-order valence-electron chi connectivity index (χ2n) is 6.95. The molecule has 1 saturated heterocycles. The molecule has 2 aromatic heterocycles. The Bertz CT molecular complexity index is 1190. The van der Waals surface area contributed by atoms with Crippen LogP contribution in [-0.4, -0.2) is 34.7 Å². The molecule has 0 saturated carbocycles. The fourth-order valence-corrected chi connectivity index (χ4v) is 3.92. The van der Waals surface area contributed by atoms with Gasteiger partial charge in [-0.05, 0) is 18.2 Å². The molecule has 4 aromatic rings. The Morgan fingerprint density at radius 2 is 1.79 bits per heavy atom. The van der Waals surface area contributed by atoms with Crippen LogP contribution < -0.4 is 16.0 Å². The highest BCUT2D eigenvalue weighted by Crippen LogP contribution is 2.36. The molecule has 0 atom stereocenters. The molecule has 1 fully saturated rings. The van der Waals surface area contributed by atoms with E-state index in [1.54, 1.807) is 6.20 Å². The summed E-state index contributed by atoms with van der Waals surface area (Å²) < 4.78 is 0. The van der Waals surface area contributed by atoms with Gasteiger partial charge in [0.2, 0.25) is 0 Å². The van der Waals surface area contributed by atoms with Crippen molar-refractivity contribution in [2.75, 3.05) is 30.4 Å². The molecule has 6 nitrogen and oxygen atoms in total. The molecule has 29 heavy (non-hydrogen) atoms. The van der Waals surface area contributed by atoms with Crippen LogP contribution in [-0.2, 0) is 0 Å². The molecule has 0 amide bonds. The molecule has 3 N–H and O–H groups in total. The molecule has 0 aliphatic carbocycles. The summed E-state index contributed by atoms with van der Waals surface area (Å²) in [5, 5.41) is 4.85. The van der Waals surface area contributed by atoms with E-state index in [0.717, 1.165) is 46.5 Å². The zero-order valence-electron chi connectivity index (χ0n) is 15.6. The van der Waals surface area contributed by atoms with Gasteiger partial charge < -0.3 is 10.6 Å². The lowest BCUT2D eigenvalue weighted by molar-refractivity contribution is 0.848. The highest BCUT2D eigenvalue weighted by molar-refractivity contribution is 6.35. The van der Waals surface area contributed by atoms with Gasteiger partial charge in [-0.15, -0.1) is 0 Å². The number of nitrogens with zero attached hydrogens (tertiary/aromatic N) is 4. The maximum absolute atomic E-state index is 6.55. The molecule has 7 heteroatoms. The molecule has 5 rings (SSSR count). The standard InChI is InChI=1S/C22H19ClN6/c23-17-12-16(11-15-7-4-8-26-18(15)17)20-19(14-5-2-1-3-6-14)27-21(24)22(28-20)29-10-9-25-13-29/h1-8,11-12,25H,9-10,13H2,(H2,24,27). The van der Waals surface area contributed by atoms with Crippen molar-refractivity contribution >= 4 is 34.1 Å². The van der Waals surface area contributed by atoms with Crippen LogP contribution in [0.2, 0.25) is 5.02 Å². The summed E-state index contributed by atoms with van der Waals surface area (Å²) in [6.07, 6.45) is 1.74. The topological polar surface area (TPSA) is 80.0 Å². The minimum atomic E-state index is 0.421. The fourth-order valence-electron chi connectivity index (χ4n) is 3.64. The number of pyridine rings is 1. The van der Waals surface area contributed by atoms with Gasteiger partial charge in [-0.2, -0.15) is 0 Å². The highest BCUT2D eigenvalue weighted by Gasteiger charge is 2.22. The summed E-state index contributed by atoms with van der Waals surface area (Å²) in [4.78, 5) is 16.2. The smallest absolute Gasteiger partial charge is 0.173 e. The number of fused-ring (bicyclic) bond motifs is 1. The summed E-state index contributed by atoms with van der Waals surface area (Å²) in [6, 6.07) is 17.8. The van der Waals surface area contributed by atoms with E-state index in [2.05, 4.69) is 15.2 Å². The first-order valence-electron chi connectivity index (χ1n) is 9.44. The fraction of sp³-hybridized carbons (Fsp3) is 0.136. The van der Waals surface area contributed by atoms with Crippen molar-refractivity contribution in [3.05, 3.63) is 65.8 Å². The number of rotatable bonds is 3. The number of anilines is 2. The van der Waals surface area contributed by atoms with Crippen molar-refractivity contribution < 1.29 is 0 Å². The van der Waals surface area contributed by atoms with Crippen LogP contribution in [0.15, 0.2) is 60.8 Å². The molecule has 1 aliphatic heterocycles. The van der Waals surface area contributed by atoms with E-state index in [4.69, 9.17) is 27.3 Å². The molecular formula is C22H19ClN6. The van der Waals surface area contributed by atoms with Gasteiger partial charge >= 0.3 is 0 Å². The van der Waals surface area contributed by atoms with Crippen molar-refractivity contribution in [2.45, 2.75) is 0 Å². The molecule has 3 heterocycles. The Labute approximate surface area is 173 Å². The summed E-state index contributed by atoms with van der Waals surface area (Å²) in [5.74, 6) is 1.11. The third-order valence-corrected chi connectivity index (χ3v) is 5.33. The number of hydrogen-bond donors (Lipinski definition) is 2. The van der Waals surface area contributed by atoms with E-state index in [-0.39, 0.29) is 0 Å². The normalized spacial score (nSPS) is 13.9. The van der Waals surface area contributed by atoms with Crippen LogP contribution in [0.25, 0.3) is 33.4 Å². The van der Waals surface area contributed by atoms with Gasteiger partial charge in [0.25, 0.3) is 0 Å². The molecule has 2 aromatic carbocycles. The lowest BCUT2D eigenvalue weighted by Gasteiger charge is -2.20. The van der Waals surface area contributed by atoms with E-state index in [0.29, 0.717) is 23.3 Å². The number of halogens is 1. The van der Waals surface area contributed by atoms with Crippen LogP contribution >= 0.6 is 11.6 Å². The second kappa shape index (κ2) is 7.31. The van der Waals surface area contributed by atoms with Gasteiger partial charge in [0.05, 0.1) is 28.6 Å². The summed E-state index contributed by atoms with van der Waals surface area (Å²) in [5.41, 5.74) is 10.4. The SMILES string of the molecule is Nc1nc(-c2ccccc2)c(-c2cc(Cl)c3ncccc3c2)nc1N1CCNC1. The van der Waals surface area contributed by atoms with Crippen LogP contribution in [0.1, 0.15) is 0 Å². The van der Waals surface area contributed by atoms with E-state index in [1.807, 2.05) is 54.6 Å². The number of aromatic nitrogens is 3. The average molecular weight is 403 g/mol. The Morgan fingerprint density at radius 1 is 0.966 bits per heavy atom. The van der Waals surface area contributed by atoms with Gasteiger partial charge in [-0.3, -0.25) is 10.3 Å². The first-order chi connectivity index (χ1) is 14.2. The predicted molar refractivity (Wildman–Crippen MR) is 118 cm³/mol. The Balaban J connectivity index is 1.76. The molecular weight excluding hydrogens is 384 g/mol. The monoisotopic (exact) mass is 402 g/mol. The average Bonchev–Trinajstić information content (AvgIpc) is 3.29. The summed E-state index contributed by atoms with van der Waals surface area (Å²) in [6.45, 7) is 2.43. The number of benzene rings is 2.